The lowest BCUT2D eigenvalue weighted by molar-refractivity contribution is 0.0295. The molecule has 0 saturated heterocycles. The number of nitrogens with one attached hydrogen (secondary N) is 1. The van der Waals surface area contributed by atoms with Gasteiger partial charge in [0.05, 0.1) is 0 Å². The highest BCUT2D eigenvalue weighted by atomic mass is 32.1. The van der Waals surface area contributed by atoms with E-state index >= 15 is 0 Å². The fraction of sp³-hybridized carbons (Fsp3) is 0.683. The summed E-state index contributed by atoms with van der Waals surface area (Å²) in [5, 5.41) is 3.35. The van der Waals surface area contributed by atoms with Crippen molar-refractivity contribution in [3.63, 3.8) is 0 Å². The highest BCUT2D eigenvalue weighted by Crippen LogP contribution is 2.58. The van der Waals surface area contributed by atoms with E-state index in [0.29, 0.717) is 43.7 Å². The summed E-state index contributed by atoms with van der Waals surface area (Å²) in [6.07, 6.45) is 12.9. The summed E-state index contributed by atoms with van der Waals surface area (Å²) >= 11 is 9.41. The van der Waals surface area contributed by atoms with Crippen molar-refractivity contribution in [2.24, 2.45) is 28.4 Å². The van der Waals surface area contributed by atoms with Crippen LogP contribution in [0.5, 0.6) is 0 Å². The molecule has 6 unspecified atom stereocenters. The van der Waals surface area contributed by atoms with Gasteiger partial charge >= 0.3 is 0 Å². The van der Waals surface area contributed by atoms with E-state index in [9.17, 15) is 0 Å². The molecule has 45 heavy (non-hydrogen) atoms. The molecule has 2 fully saturated rings. The smallest absolute Gasteiger partial charge is 0.130 e. The predicted molar refractivity (Wildman–Crippen MR) is 202 cm³/mol. The van der Waals surface area contributed by atoms with Gasteiger partial charge in [-0.2, -0.15) is 0 Å². The van der Waals surface area contributed by atoms with Gasteiger partial charge < -0.3 is 11.1 Å². The number of fused-ring (bicyclic) bond motifs is 6. The molecule has 248 valence electrons. The Balaban J connectivity index is 0.000000179. The van der Waals surface area contributed by atoms with Crippen molar-refractivity contribution in [1.29, 1.82) is 0 Å². The maximum atomic E-state index is 6.19. The number of rotatable bonds is 5. The molecular weight excluding hydrogens is 585 g/mol. The van der Waals surface area contributed by atoms with E-state index in [0.717, 1.165) is 19.0 Å². The van der Waals surface area contributed by atoms with Crippen molar-refractivity contribution in [2.75, 3.05) is 13.1 Å². The third-order valence-corrected chi connectivity index (χ3v) is 13.7. The summed E-state index contributed by atoms with van der Waals surface area (Å²) in [5.74, 6) is 2.70. The first kappa shape index (κ1) is 35.0. The van der Waals surface area contributed by atoms with Crippen molar-refractivity contribution < 1.29 is 0 Å². The van der Waals surface area contributed by atoms with Gasteiger partial charge in [0.1, 0.15) is 4.32 Å². The minimum atomic E-state index is 0.300. The molecule has 2 nitrogen and oxygen atoms in total. The van der Waals surface area contributed by atoms with Crippen LogP contribution in [0.15, 0.2) is 36.4 Å². The van der Waals surface area contributed by atoms with E-state index in [-0.39, 0.29) is 0 Å². The average Bonchev–Trinajstić information content (AvgIpc) is 2.99. The van der Waals surface area contributed by atoms with E-state index in [2.05, 4.69) is 110 Å². The Kier molecular flexibility index (Phi) is 10.3. The average molecular weight is 647 g/mol. The quantitative estimate of drug-likeness (QED) is 0.224. The van der Waals surface area contributed by atoms with Crippen LogP contribution in [0.2, 0.25) is 0 Å². The lowest BCUT2D eigenvalue weighted by atomic mass is 9.49. The van der Waals surface area contributed by atoms with Crippen LogP contribution < -0.4 is 11.1 Å². The zero-order valence-electron chi connectivity index (χ0n) is 29.7. The largest absolute Gasteiger partial charge is 0.371 e. The number of thiocarbonyl (C=S) groups is 1. The second-order valence-corrected chi connectivity index (χ2v) is 18.2. The first-order valence-corrected chi connectivity index (χ1v) is 19.0. The number of thiol groups is 1. The third-order valence-electron chi connectivity index (χ3n) is 13.4. The van der Waals surface area contributed by atoms with Crippen molar-refractivity contribution >= 4 is 29.2 Å². The summed E-state index contributed by atoms with van der Waals surface area (Å²) in [6.45, 7) is 20.9. The van der Waals surface area contributed by atoms with Gasteiger partial charge in [0.25, 0.3) is 0 Å². The minimum Gasteiger partial charge on any atom is -0.371 e. The number of hydrogen-bond acceptors (Lipinski definition) is 2. The molecule has 2 aromatic carbocycles. The second kappa shape index (κ2) is 13.3. The highest BCUT2D eigenvalue weighted by molar-refractivity contribution is 8.11. The Bertz CT molecular complexity index is 1380. The molecule has 2 aromatic rings. The molecule has 6 rings (SSSR count). The first-order chi connectivity index (χ1) is 21.2. The van der Waals surface area contributed by atoms with Gasteiger partial charge in [0, 0.05) is 6.54 Å². The van der Waals surface area contributed by atoms with Gasteiger partial charge in [-0.05, 0) is 137 Å². The summed E-state index contributed by atoms with van der Waals surface area (Å²) < 4.78 is 0.626. The molecule has 2 saturated carbocycles. The van der Waals surface area contributed by atoms with Crippen LogP contribution in [0, 0.1) is 22.7 Å². The molecule has 3 N–H and O–H groups in total. The van der Waals surface area contributed by atoms with Gasteiger partial charge in [0.15, 0.2) is 0 Å². The fourth-order valence-corrected chi connectivity index (χ4v) is 10.9. The van der Waals surface area contributed by atoms with Crippen LogP contribution >= 0.6 is 24.8 Å². The Labute approximate surface area is 286 Å². The van der Waals surface area contributed by atoms with E-state index in [1.165, 1.54) is 75.3 Å². The molecule has 4 aliphatic rings. The molecule has 4 aliphatic carbocycles. The Morgan fingerprint density at radius 3 is 1.64 bits per heavy atom. The first-order valence-electron chi connectivity index (χ1n) is 18.1. The zero-order chi connectivity index (χ0) is 32.8. The Morgan fingerprint density at radius 2 is 1.22 bits per heavy atom. The van der Waals surface area contributed by atoms with Crippen molar-refractivity contribution in [3.8, 4) is 0 Å². The molecule has 0 aliphatic heterocycles. The van der Waals surface area contributed by atoms with Crippen LogP contribution in [0.3, 0.4) is 0 Å². The van der Waals surface area contributed by atoms with Gasteiger partial charge in [-0.3, -0.25) is 0 Å². The topological polar surface area (TPSA) is 38.0 Å². The molecule has 0 heterocycles. The minimum absolute atomic E-state index is 0.300. The van der Waals surface area contributed by atoms with E-state index in [1.807, 2.05) is 0 Å². The maximum Gasteiger partial charge on any atom is 0.130 e. The van der Waals surface area contributed by atoms with Gasteiger partial charge in [-0.1, -0.05) is 117 Å². The van der Waals surface area contributed by atoms with Gasteiger partial charge in [-0.25, -0.2) is 0 Å². The van der Waals surface area contributed by atoms with Crippen LogP contribution in [-0.2, 0) is 23.7 Å². The maximum absolute atomic E-state index is 6.19. The van der Waals surface area contributed by atoms with Crippen LogP contribution in [0.1, 0.15) is 152 Å². The molecule has 0 amide bonds. The molecular formula is C41H62N2S2. The third kappa shape index (κ3) is 6.56. The molecule has 0 aromatic heterocycles. The standard InChI is InChI=1S/C21H31NS2.C20H31N/c1-14(2)15-6-8-17-16(12-15)7-9-18-20(3,13-22-19(23)24)10-5-11-21(17,18)4;1-14(2)15-6-8-17-16(12-15)7-9-18-19(3,13-21)10-5-11-20(17,18)4/h6,8,12,14,18H,5,7,9-11,13H2,1-4H3,(H2,22,23,24);6,8,12,14,18H,5,7,9-11,13,21H2,1-4H3. The SMILES string of the molecule is CC(C)c1ccc2c(c1)CCC1C(C)(CN)CCCC21C.CC(C)c1ccc2c(c1)CCC1C(C)(CNC(=S)S)CCCC21C. The van der Waals surface area contributed by atoms with E-state index < -0.39 is 0 Å². The summed E-state index contributed by atoms with van der Waals surface area (Å²) in [5.41, 5.74) is 16.9. The lowest BCUT2D eigenvalue weighted by Crippen LogP contribution is -2.52. The number of nitrogens with two attached hydrogens (primary N) is 1. The molecule has 0 radical (unpaired) electrons. The summed E-state index contributed by atoms with van der Waals surface area (Å²) in [7, 11) is 0. The molecule has 4 heteroatoms. The van der Waals surface area contributed by atoms with Crippen molar-refractivity contribution in [2.45, 2.75) is 142 Å². The van der Waals surface area contributed by atoms with E-state index in [4.69, 9.17) is 18.0 Å². The van der Waals surface area contributed by atoms with Crippen LogP contribution in [0.25, 0.3) is 0 Å². The molecule has 0 spiro atoms. The highest BCUT2D eigenvalue weighted by Gasteiger charge is 2.52. The normalized spacial score (nSPS) is 33.7. The Hall–Kier alpha value is -1.36. The van der Waals surface area contributed by atoms with Gasteiger partial charge in [-0.15, -0.1) is 12.6 Å². The fourth-order valence-electron chi connectivity index (χ4n) is 10.7. The summed E-state index contributed by atoms with van der Waals surface area (Å²) in [6, 6.07) is 14.6. The number of benzene rings is 2. The van der Waals surface area contributed by atoms with E-state index in [1.54, 1.807) is 22.3 Å². The Morgan fingerprint density at radius 1 is 0.778 bits per heavy atom. The van der Waals surface area contributed by atoms with Crippen LogP contribution in [-0.4, -0.2) is 17.4 Å². The van der Waals surface area contributed by atoms with Crippen LogP contribution in [0.4, 0.5) is 0 Å². The summed E-state index contributed by atoms with van der Waals surface area (Å²) in [4.78, 5) is 0. The van der Waals surface area contributed by atoms with Crippen molar-refractivity contribution in [1.82, 2.24) is 5.32 Å². The second-order valence-electron chi connectivity index (χ2n) is 17.0. The molecule has 6 atom stereocenters. The zero-order valence-corrected chi connectivity index (χ0v) is 31.4. The number of hydrogen-bond donors (Lipinski definition) is 3. The monoisotopic (exact) mass is 646 g/mol. The predicted octanol–water partition coefficient (Wildman–Crippen LogP) is 10.4. The number of aryl methyl sites for hydroxylation is 2. The lowest BCUT2D eigenvalue weighted by Gasteiger charge is -2.55. The van der Waals surface area contributed by atoms with Gasteiger partial charge in [0.2, 0.25) is 0 Å². The van der Waals surface area contributed by atoms with Crippen molar-refractivity contribution in [3.05, 3.63) is 69.8 Å². The molecule has 0 bridgehead atoms.